The van der Waals surface area contributed by atoms with Crippen LogP contribution in [0.1, 0.15) is 32.3 Å². The number of nitro groups is 1. The van der Waals surface area contributed by atoms with Crippen molar-refractivity contribution in [3.05, 3.63) is 91.5 Å². The van der Waals surface area contributed by atoms with Crippen LogP contribution in [0, 0.1) is 17.0 Å². The molecule has 5 rings (SSSR count). The Morgan fingerprint density at radius 1 is 1.21 bits per heavy atom. The van der Waals surface area contributed by atoms with Crippen molar-refractivity contribution in [2.45, 2.75) is 26.4 Å². The fraction of sp³-hybridized carbons (Fsp3) is 0.208. The van der Waals surface area contributed by atoms with Gasteiger partial charge in [-0.2, -0.15) is 0 Å². The van der Waals surface area contributed by atoms with Crippen LogP contribution in [0.3, 0.4) is 0 Å². The van der Waals surface area contributed by atoms with Crippen LogP contribution >= 0.6 is 11.3 Å². The van der Waals surface area contributed by atoms with Crippen LogP contribution in [-0.4, -0.2) is 32.5 Å². The van der Waals surface area contributed by atoms with Gasteiger partial charge in [-0.1, -0.05) is 18.2 Å². The van der Waals surface area contributed by atoms with Crippen LogP contribution in [0.4, 0.5) is 11.4 Å². The SMILES string of the molecule is Cc1c(NCc2nnc(-c3ccccc3[N+](=O)[O-])o2)cccc1C(=O)N1CCc2sccc2C1. The van der Waals surface area contributed by atoms with Gasteiger partial charge in [0.2, 0.25) is 5.89 Å². The maximum absolute atomic E-state index is 13.2. The molecule has 2 aromatic heterocycles. The second kappa shape index (κ2) is 9.06. The van der Waals surface area contributed by atoms with Crippen molar-refractivity contribution in [1.29, 1.82) is 0 Å². The van der Waals surface area contributed by atoms with E-state index in [0.29, 0.717) is 18.7 Å². The number of fused-ring (bicyclic) bond motifs is 1. The summed E-state index contributed by atoms with van der Waals surface area (Å²) < 4.78 is 5.66. The van der Waals surface area contributed by atoms with Gasteiger partial charge in [0.1, 0.15) is 5.56 Å². The Morgan fingerprint density at radius 2 is 2.06 bits per heavy atom. The average molecular weight is 476 g/mol. The maximum atomic E-state index is 13.2. The summed E-state index contributed by atoms with van der Waals surface area (Å²) in [4.78, 5) is 27.3. The number of amides is 1. The molecule has 0 fully saturated rings. The van der Waals surface area contributed by atoms with Crippen molar-refractivity contribution in [2.24, 2.45) is 0 Å². The smallest absolute Gasteiger partial charge is 0.282 e. The molecule has 1 aliphatic rings. The number of aromatic nitrogens is 2. The number of thiophene rings is 1. The second-order valence-corrected chi connectivity index (χ2v) is 8.95. The molecule has 0 saturated carbocycles. The van der Waals surface area contributed by atoms with E-state index in [1.54, 1.807) is 29.5 Å². The molecule has 1 aliphatic heterocycles. The lowest BCUT2D eigenvalue weighted by Gasteiger charge is -2.28. The Hall–Kier alpha value is -4.05. The van der Waals surface area contributed by atoms with Crippen LogP contribution < -0.4 is 5.32 Å². The molecular weight excluding hydrogens is 454 g/mol. The number of anilines is 1. The first-order valence-corrected chi connectivity index (χ1v) is 11.6. The number of carbonyl (C=O) groups excluding carboxylic acids is 1. The fourth-order valence-electron chi connectivity index (χ4n) is 4.07. The van der Waals surface area contributed by atoms with E-state index in [2.05, 4.69) is 27.0 Å². The Kier molecular flexibility index (Phi) is 5.81. The van der Waals surface area contributed by atoms with Gasteiger partial charge in [-0.15, -0.1) is 21.5 Å². The highest BCUT2D eigenvalue weighted by atomic mass is 32.1. The summed E-state index contributed by atoms with van der Waals surface area (Å²) in [5, 5.41) is 24.6. The third-order valence-electron chi connectivity index (χ3n) is 5.89. The number of benzene rings is 2. The van der Waals surface area contributed by atoms with Crippen LogP contribution in [0.15, 0.2) is 58.3 Å². The number of nitrogens with zero attached hydrogens (tertiary/aromatic N) is 4. The number of rotatable bonds is 6. The van der Waals surface area contributed by atoms with Gasteiger partial charge in [-0.05, 0) is 54.1 Å². The van der Waals surface area contributed by atoms with Gasteiger partial charge in [-0.3, -0.25) is 14.9 Å². The van der Waals surface area contributed by atoms with Gasteiger partial charge in [0.05, 0.1) is 11.5 Å². The van der Waals surface area contributed by atoms with Crippen molar-refractivity contribution in [2.75, 3.05) is 11.9 Å². The molecule has 0 aliphatic carbocycles. The third kappa shape index (κ3) is 4.15. The molecule has 0 bridgehead atoms. The minimum Gasteiger partial charge on any atom is -0.418 e. The molecule has 10 heteroatoms. The summed E-state index contributed by atoms with van der Waals surface area (Å²) >= 11 is 1.75. The molecule has 1 amide bonds. The van der Waals surface area contributed by atoms with Crippen molar-refractivity contribution in [1.82, 2.24) is 15.1 Å². The standard InChI is InChI=1S/C24H21N5O4S/c1-15-17(24(30)28-11-9-21-16(14-28)10-12-34-21)6-4-7-19(15)25-13-22-26-27-23(33-22)18-5-2-3-8-20(18)29(31)32/h2-8,10,12,25H,9,11,13-14H2,1H3. The van der Waals surface area contributed by atoms with Crippen LogP contribution in [0.25, 0.3) is 11.5 Å². The Bertz CT molecular complexity index is 1380. The first-order valence-electron chi connectivity index (χ1n) is 10.8. The number of nitro benzene ring substituents is 1. The predicted molar refractivity (Wildman–Crippen MR) is 128 cm³/mol. The number of carbonyl (C=O) groups is 1. The number of nitrogens with one attached hydrogen (secondary N) is 1. The molecule has 9 nitrogen and oxygen atoms in total. The number of para-hydroxylation sites is 1. The van der Waals surface area contributed by atoms with E-state index >= 15 is 0 Å². The fourth-order valence-corrected chi connectivity index (χ4v) is 4.96. The average Bonchev–Trinajstić information content (AvgIpc) is 3.52. The highest BCUT2D eigenvalue weighted by Crippen LogP contribution is 2.29. The minimum atomic E-state index is -0.481. The largest absolute Gasteiger partial charge is 0.418 e. The zero-order chi connectivity index (χ0) is 23.7. The molecule has 0 unspecified atom stereocenters. The van der Waals surface area contributed by atoms with Gasteiger partial charge in [0, 0.05) is 35.3 Å². The van der Waals surface area contributed by atoms with E-state index in [-0.39, 0.29) is 35.5 Å². The highest BCUT2D eigenvalue weighted by molar-refractivity contribution is 7.10. The topological polar surface area (TPSA) is 114 Å². The van der Waals surface area contributed by atoms with Crippen LogP contribution in [0.2, 0.25) is 0 Å². The zero-order valence-electron chi connectivity index (χ0n) is 18.4. The lowest BCUT2D eigenvalue weighted by molar-refractivity contribution is -0.384. The summed E-state index contributed by atoms with van der Waals surface area (Å²) in [5.41, 5.74) is 3.66. The normalized spacial score (nSPS) is 12.9. The number of hydrogen-bond donors (Lipinski definition) is 1. The summed E-state index contributed by atoms with van der Waals surface area (Å²) in [7, 11) is 0. The molecule has 34 heavy (non-hydrogen) atoms. The van der Waals surface area contributed by atoms with Gasteiger partial charge in [0.15, 0.2) is 0 Å². The van der Waals surface area contributed by atoms with E-state index < -0.39 is 4.92 Å². The van der Waals surface area contributed by atoms with Crippen molar-refractivity contribution >= 4 is 28.6 Å². The molecule has 4 aromatic rings. The first kappa shape index (κ1) is 21.8. The number of hydrogen-bond acceptors (Lipinski definition) is 8. The molecule has 0 saturated heterocycles. The lowest BCUT2D eigenvalue weighted by atomic mass is 10.0. The van der Waals surface area contributed by atoms with Gasteiger partial charge in [0.25, 0.3) is 17.5 Å². The van der Waals surface area contributed by atoms with Crippen LogP contribution in [-0.2, 0) is 19.5 Å². The molecule has 0 atom stereocenters. The molecule has 1 N–H and O–H groups in total. The van der Waals surface area contributed by atoms with E-state index in [1.165, 1.54) is 16.5 Å². The third-order valence-corrected chi connectivity index (χ3v) is 6.91. The molecule has 0 radical (unpaired) electrons. The lowest BCUT2D eigenvalue weighted by Crippen LogP contribution is -2.35. The zero-order valence-corrected chi connectivity index (χ0v) is 19.2. The Balaban J connectivity index is 1.30. The van der Waals surface area contributed by atoms with Gasteiger partial charge >= 0.3 is 0 Å². The molecule has 172 valence electrons. The van der Waals surface area contributed by atoms with E-state index in [1.807, 2.05) is 30.0 Å². The van der Waals surface area contributed by atoms with E-state index in [0.717, 1.165) is 17.7 Å². The Labute approximate surface area is 199 Å². The molecule has 3 heterocycles. The summed E-state index contributed by atoms with van der Waals surface area (Å²) in [5.74, 6) is 0.377. The van der Waals surface area contributed by atoms with E-state index in [4.69, 9.17) is 4.42 Å². The molecular formula is C24H21N5O4S. The molecule has 2 aromatic carbocycles. The van der Waals surface area contributed by atoms with Gasteiger partial charge in [-0.25, -0.2) is 0 Å². The first-order chi connectivity index (χ1) is 16.5. The van der Waals surface area contributed by atoms with E-state index in [9.17, 15) is 14.9 Å². The molecule has 0 spiro atoms. The predicted octanol–water partition coefficient (Wildman–Crippen LogP) is 4.83. The monoisotopic (exact) mass is 475 g/mol. The van der Waals surface area contributed by atoms with Crippen molar-refractivity contribution in [3.8, 4) is 11.5 Å². The second-order valence-electron chi connectivity index (χ2n) is 7.95. The highest BCUT2D eigenvalue weighted by Gasteiger charge is 2.24. The van der Waals surface area contributed by atoms with Crippen LogP contribution in [0.5, 0.6) is 0 Å². The van der Waals surface area contributed by atoms with Gasteiger partial charge < -0.3 is 14.6 Å². The minimum absolute atomic E-state index is 0.00876. The summed E-state index contributed by atoms with van der Waals surface area (Å²) in [6.45, 7) is 3.46. The van der Waals surface area contributed by atoms with Crippen molar-refractivity contribution < 1.29 is 14.1 Å². The van der Waals surface area contributed by atoms with Crippen molar-refractivity contribution in [3.63, 3.8) is 0 Å². The summed E-state index contributed by atoms with van der Waals surface area (Å²) in [6, 6.07) is 13.9. The summed E-state index contributed by atoms with van der Waals surface area (Å²) in [6.07, 6.45) is 0.884. The quantitative estimate of drug-likeness (QED) is 0.314. The Morgan fingerprint density at radius 3 is 2.91 bits per heavy atom. The maximum Gasteiger partial charge on any atom is 0.282 e.